The molecule has 0 aliphatic carbocycles. The Labute approximate surface area is 203 Å². The van der Waals surface area contributed by atoms with Crippen LogP contribution in [-0.2, 0) is 9.47 Å². The molecule has 2 saturated heterocycles. The van der Waals surface area contributed by atoms with Crippen molar-refractivity contribution >= 4 is 11.7 Å². The maximum atomic E-state index is 12.4. The molecule has 2 aromatic rings. The zero-order valence-electron chi connectivity index (χ0n) is 20.0. The SMILES string of the molecule is C[NH2+]CC1CC2(CCN1CCOc1ccc(-c3nnc4c(n3)C(=O)N(C)C(O)N4)cc1)OCCO2. The molecule has 4 N–H and O–H groups in total. The molecule has 0 saturated carbocycles. The van der Waals surface area contributed by atoms with Crippen LogP contribution in [-0.4, -0.2) is 108 Å². The lowest BCUT2D eigenvalue weighted by Crippen LogP contribution is -2.84. The van der Waals surface area contributed by atoms with Crippen LogP contribution in [0.15, 0.2) is 24.3 Å². The fourth-order valence-corrected chi connectivity index (χ4v) is 4.82. The molecule has 1 spiro atoms. The summed E-state index contributed by atoms with van der Waals surface area (Å²) in [6.07, 6.45) is 0.608. The molecule has 3 aliphatic heterocycles. The van der Waals surface area contributed by atoms with E-state index in [1.54, 1.807) is 0 Å². The quantitative estimate of drug-likeness (QED) is 0.451. The van der Waals surface area contributed by atoms with Crippen molar-refractivity contribution in [2.24, 2.45) is 0 Å². The third-order valence-electron chi connectivity index (χ3n) is 6.77. The number of ether oxygens (including phenoxy) is 3. The molecular formula is C23H32N7O5+. The number of hydrogen-bond acceptors (Lipinski definition) is 10. The maximum Gasteiger partial charge on any atom is 0.279 e. The van der Waals surface area contributed by atoms with Gasteiger partial charge in [-0.3, -0.25) is 14.6 Å². The van der Waals surface area contributed by atoms with E-state index >= 15 is 0 Å². The van der Waals surface area contributed by atoms with Crippen LogP contribution in [0.1, 0.15) is 23.3 Å². The van der Waals surface area contributed by atoms with Crippen LogP contribution < -0.4 is 15.4 Å². The van der Waals surface area contributed by atoms with Crippen LogP contribution in [0, 0.1) is 0 Å². The van der Waals surface area contributed by atoms with Crippen LogP contribution >= 0.6 is 0 Å². The largest absolute Gasteiger partial charge is 0.492 e. The normalized spacial score (nSPS) is 23.9. The summed E-state index contributed by atoms with van der Waals surface area (Å²) in [6.45, 7) is 4.67. The smallest absolute Gasteiger partial charge is 0.279 e. The van der Waals surface area contributed by atoms with Gasteiger partial charge >= 0.3 is 0 Å². The van der Waals surface area contributed by atoms with Crippen LogP contribution in [0.25, 0.3) is 11.4 Å². The molecule has 188 valence electrons. The van der Waals surface area contributed by atoms with Gasteiger partial charge in [0.25, 0.3) is 5.91 Å². The summed E-state index contributed by atoms with van der Waals surface area (Å²) in [5.41, 5.74) is 0.837. The lowest BCUT2D eigenvalue weighted by molar-refractivity contribution is -0.632. The van der Waals surface area contributed by atoms with Gasteiger partial charge in [0.15, 0.2) is 23.1 Å². The zero-order chi connectivity index (χ0) is 24.4. The lowest BCUT2D eigenvalue weighted by atomic mass is 9.95. The number of likely N-dealkylation sites (tertiary alicyclic amines) is 1. The Bertz CT molecular complexity index is 1050. The minimum atomic E-state index is -1.15. The molecule has 12 nitrogen and oxygen atoms in total. The molecule has 12 heteroatoms. The van der Waals surface area contributed by atoms with Gasteiger partial charge < -0.3 is 30.0 Å². The summed E-state index contributed by atoms with van der Waals surface area (Å²) < 4.78 is 17.9. The van der Waals surface area contributed by atoms with Crippen molar-refractivity contribution < 1.29 is 29.4 Å². The number of benzene rings is 1. The summed E-state index contributed by atoms with van der Waals surface area (Å²) in [5, 5.41) is 22.8. The van der Waals surface area contributed by atoms with Gasteiger partial charge in [-0.15, -0.1) is 10.2 Å². The topological polar surface area (TPSA) is 139 Å². The minimum Gasteiger partial charge on any atom is -0.492 e. The second kappa shape index (κ2) is 9.99. The van der Waals surface area contributed by atoms with E-state index in [2.05, 4.69) is 37.8 Å². The molecular weight excluding hydrogens is 454 g/mol. The zero-order valence-corrected chi connectivity index (χ0v) is 20.0. The van der Waals surface area contributed by atoms with E-state index in [0.29, 0.717) is 37.3 Å². The van der Waals surface area contributed by atoms with Gasteiger partial charge in [-0.05, 0) is 24.3 Å². The monoisotopic (exact) mass is 486 g/mol. The number of amides is 1. The third kappa shape index (κ3) is 4.93. The Morgan fingerprint density at radius 3 is 2.77 bits per heavy atom. The maximum absolute atomic E-state index is 12.4. The number of hydrogen-bond donors (Lipinski definition) is 3. The summed E-state index contributed by atoms with van der Waals surface area (Å²) in [5.74, 6) is 0.418. The molecule has 5 rings (SSSR count). The Morgan fingerprint density at radius 1 is 1.26 bits per heavy atom. The van der Waals surface area contributed by atoms with E-state index < -0.39 is 18.0 Å². The fraction of sp³-hybridized carbons (Fsp3) is 0.565. The number of nitrogens with zero attached hydrogens (tertiary/aromatic N) is 5. The van der Waals surface area contributed by atoms with Crippen LogP contribution in [0.3, 0.4) is 0 Å². The number of piperidine rings is 1. The number of carbonyl (C=O) groups is 1. The number of rotatable bonds is 7. The standard InChI is InChI=1S/C23H31N7O5/c1-24-14-16-13-23(34-11-12-35-23)7-8-30(16)9-10-33-17-5-3-15(4-6-17)19-25-18-20(28-27-19)26-22(32)29(2)21(18)31/h3-6,16,22,24,32H,7-14H2,1-2H3,(H,26,28)/p+1. The van der Waals surface area contributed by atoms with Crippen molar-refractivity contribution in [2.45, 2.75) is 31.0 Å². The number of nitrogens with one attached hydrogen (secondary N) is 1. The number of aliphatic hydroxyl groups is 1. The molecule has 2 unspecified atom stereocenters. The molecule has 1 aromatic heterocycles. The van der Waals surface area contributed by atoms with Crippen molar-refractivity contribution in [3.8, 4) is 17.1 Å². The van der Waals surface area contributed by atoms with Gasteiger partial charge in [0, 0.05) is 38.5 Å². The Balaban J connectivity index is 1.18. The average molecular weight is 487 g/mol. The van der Waals surface area contributed by atoms with Gasteiger partial charge in [-0.25, -0.2) is 4.98 Å². The fourth-order valence-electron chi connectivity index (χ4n) is 4.82. The molecule has 4 heterocycles. The second-order valence-electron chi connectivity index (χ2n) is 9.04. The summed E-state index contributed by atoms with van der Waals surface area (Å²) in [6, 6.07) is 7.77. The van der Waals surface area contributed by atoms with E-state index in [-0.39, 0.29) is 11.5 Å². The predicted molar refractivity (Wildman–Crippen MR) is 124 cm³/mol. The predicted octanol–water partition coefficient (Wildman–Crippen LogP) is -0.908. The van der Waals surface area contributed by atoms with Gasteiger partial charge in [0.2, 0.25) is 6.35 Å². The van der Waals surface area contributed by atoms with Gasteiger partial charge in [-0.2, -0.15) is 0 Å². The van der Waals surface area contributed by atoms with E-state index in [9.17, 15) is 9.90 Å². The van der Waals surface area contributed by atoms with Crippen molar-refractivity contribution in [2.75, 3.05) is 58.9 Å². The Kier molecular flexibility index (Phi) is 6.80. The number of nitrogens with two attached hydrogens (primary N) is 1. The van der Waals surface area contributed by atoms with Crippen LogP contribution in [0.2, 0.25) is 0 Å². The van der Waals surface area contributed by atoms with Crippen molar-refractivity contribution in [3.63, 3.8) is 0 Å². The van der Waals surface area contributed by atoms with E-state index in [0.717, 1.165) is 43.1 Å². The summed E-state index contributed by atoms with van der Waals surface area (Å²) in [4.78, 5) is 20.4. The van der Waals surface area contributed by atoms with Gasteiger partial charge in [-0.1, -0.05) is 0 Å². The molecule has 2 atom stereocenters. The second-order valence-corrected chi connectivity index (χ2v) is 9.04. The highest BCUT2D eigenvalue weighted by Crippen LogP contribution is 2.34. The highest BCUT2D eigenvalue weighted by molar-refractivity contribution is 5.98. The van der Waals surface area contributed by atoms with Crippen molar-refractivity contribution in [1.29, 1.82) is 0 Å². The number of aromatic nitrogens is 3. The van der Waals surface area contributed by atoms with Crippen LogP contribution in [0.4, 0.5) is 5.82 Å². The molecule has 1 aromatic carbocycles. The summed E-state index contributed by atoms with van der Waals surface area (Å²) >= 11 is 0. The lowest BCUT2D eigenvalue weighted by Gasteiger charge is -2.42. The molecule has 0 radical (unpaired) electrons. The van der Waals surface area contributed by atoms with E-state index in [1.807, 2.05) is 24.3 Å². The van der Waals surface area contributed by atoms with Gasteiger partial charge in [0.1, 0.15) is 12.4 Å². The highest BCUT2D eigenvalue weighted by atomic mass is 16.7. The first-order chi connectivity index (χ1) is 17.0. The molecule has 35 heavy (non-hydrogen) atoms. The Morgan fingerprint density at radius 2 is 2.03 bits per heavy atom. The molecule has 2 fully saturated rings. The summed E-state index contributed by atoms with van der Waals surface area (Å²) in [7, 11) is 3.57. The number of likely N-dealkylation sites (N-methyl/N-ethyl adjacent to an activating group) is 1. The first-order valence-electron chi connectivity index (χ1n) is 12.0. The van der Waals surface area contributed by atoms with E-state index in [4.69, 9.17) is 14.2 Å². The first-order valence-corrected chi connectivity index (χ1v) is 12.0. The third-order valence-corrected chi connectivity index (χ3v) is 6.77. The average Bonchev–Trinajstić information content (AvgIpc) is 3.32. The van der Waals surface area contributed by atoms with Crippen molar-refractivity contribution in [3.05, 3.63) is 30.0 Å². The minimum absolute atomic E-state index is 0.124. The number of fused-ring (bicyclic) bond motifs is 1. The number of carbonyl (C=O) groups excluding carboxylic acids is 1. The van der Waals surface area contributed by atoms with E-state index in [1.165, 1.54) is 7.05 Å². The molecule has 0 bridgehead atoms. The van der Waals surface area contributed by atoms with Crippen molar-refractivity contribution in [1.82, 2.24) is 25.0 Å². The number of aliphatic hydroxyl groups excluding tert-OH is 1. The highest BCUT2D eigenvalue weighted by Gasteiger charge is 2.44. The number of anilines is 1. The first kappa shape index (κ1) is 23.8. The van der Waals surface area contributed by atoms with Crippen LogP contribution in [0.5, 0.6) is 5.75 Å². The molecule has 3 aliphatic rings. The van der Waals surface area contributed by atoms with Gasteiger partial charge in [0.05, 0.1) is 32.8 Å². The molecule has 1 amide bonds. The number of quaternary nitrogens is 1. The Hall–Kier alpha value is -2.90.